The zero-order valence-corrected chi connectivity index (χ0v) is 4.49. The Labute approximate surface area is 43.7 Å². The van der Waals surface area contributed by atoms with Crippen LogP contribution in [0.5, 0.6) is 0 Å². The summed E-state index contributed by atoms with van der Waals surface area (Å²) in [5.74, 6) is 5.01. The van der Waals surface area contributed by atoms with Crippen molar-refractivity contribution in [1.82, 2.24) is 0 Å². The van der Waals surface area contributed by atoms with Crippen molar-refractivity contribution in [2.75, 3.05) is 0 Å². The van der Waals surface area contributed by atoms with Crippen LogP contribution in [-0.2, 0) is 4.79 Å². The van der Waals surface area contributed by atoms with Crippen molar-refractivity contribution >= 4 is 6.29 Å². The van der Waals surface area contributed by atoms with Gasteiger partial charge in [0.05, 0.1) is 5.92 Å². The van der Waals surface area contributed by atoms with Crippen LogP contribution >= 0.6 is 0 Å². The molecule has 0 saturated heterocycles. The molecule has 0 N–H and O–H groups in total. The summed E-state index contributed by atoms with van der Waals surface area (Å²) in [6, 6.07) is 0. The van der Waals surface area contributed by atoms with Crippen molar-refractivity contribution in [3.63, 3.8) is 0 Å². The Morgan fingerprint density at radius 3 is 2.29 bits per heavy atom. The third-order valence-electron chi connectivity index (χ3n) is 0.538. The third kappa shape index (κ3) is 3.05. The van der Waals surface area contributed by atoms with Gasteiger partial charge in [-0.15, -0.1) is 5.92 Å². The largest absolute Gasteiger partial charge is 0.289 e. The van der Waals surface area contributed by atoms with Crippen molar-refractivity contribution in [3.05, 3.63) is 0 Å². The summed E-state index contributed by atoms with van der Waals surface area (Å²) in [6.45, 7) is 3.41. The van der Waals surface area contributed by atoms with Crippen molar-refractivity contribution in [2.45, 2.75) is 13.8 Å². The maximum Gasteiger partial charge on any atom is 0.214 e. The van der Waals surface area contributed by atoms with Crippen LogP contribution in [0.15, 0.2) is 0 Å². The first-order chi connectivity index (χ1) is 3.31. The summed E-state index contributed by atoms with van der Waals surface area (Å²) in [6.07, 6.45) is 1.74. The lowest BCUT2D eigenvalue weighted by atomic mass is 10.2. The first kappa shape index (κ1) is 6.23. The lowest BCUT2D eigenvalue weighted by Crippen LogP contribution is -1.87. The van der Waals surface area contributed by atoms with E-state index in [-0.39, 0.29) is 5.92 Å². The Morgan fingerprint density at radius 1 is 1.57 bits per heavy atom. The van der Waals surface area contributed by atoms with Gasteiger partial charge in [0.1, 0.15) is 0 Å². The molecule has 0 fully saturated rings. The van der Waals surface area contributed by atoms with E-state index in [0.29, 0.717) is 0 Å². The minimum absolute atomic E-state index is 0.218. The van der Waals surface area contributed by atoms with E-state index in [1.54, 1.807) is 20.1 Å². The van der Waals surface area contributed by atoms with E-state index >= 15 is 0 Å². The second-order valence-corrected chi connectivity index (χ2v) is 1.23. The fraction of sp³-hybridized carbons (Fsp3) is 0.500. The predicted molar refractivity (Wildman–Crippen MR) is 28.3 cm³/mol. The molecule has 0 aromatic rings. The smallest absolute Gasteiger partial charge is 0.214 e. The van der Waals surface area contributed by atoms with Crippen LogP contribution in [0.25, 0.3) is 0 Å². The first-order valence-corrected chi connectivity index (χ1v) is 2.11. The fourth-order valence-corrected chi connectivity index (χ4v) is 0.246. The van der Waals surface area contributed by atoms with E-state index in [1.165, 1.54) is 0 Å². The summed E-state index contributed by atoms with van der Waals surface area (Å²) < 4.78 is 0. The van der Waals surface area contributed by atoms with Gasteiger partial charge in [-0.3, -0.25) is 4.79 Å². The Morgan fingerprint density at radius 2 is 2.14 bits per heavy atom. The lowest BCUT2D eigenvalue weighted by Gasteiger charge is -1.79. The van der Waals surface area contributed by atoms with Crippen LogP contribution in [-0.4, -0.2) is 6.29 Å². The standard InChI is InChI=1S/C6H7O/c1-3-4-6(2)5-7/h6H,1-2H3. The molecule has 0 saturated carbocycles. The molecule has 7 heavy (non-hydrogen) atoms. The van der Waals surface area contributed by atoms with Crippen molar-refractivity contribution < 1.29 is 4.79 Å². The van der Waals surface area contributed by atoms with Crippen LogP contribution in [0.1, 0.15) is 13.8 Å². The second-order valence-electron chi connectivity index (χ2n) is 1.23. The van der Waals surface area contributed by atoms with Crippen LogP contribution < -0.4 is 0 Å². The Balaban J connectivity index is 3.49. The molecule has 0 amide bonds. The molecule has 1 atom stereocenters. The van der Waals surface area contributed by atoms with Gasteiger partial charge < -0.3 is 0 Å². The third-order valence-corrected chi connectivity index (χ3v) is 0.538. The molecule has 0 aliphatic rings. The monoisotopic (exact) mass is 95.0 g/mol. The quantitative estimate of drug-likeness (QED) is 0.439. The van der Waals surface area contributed by atoms with Crippen LogP contribution in [0.4, 0.5) is 0 Å². The summed E-state index contributed by atoms with van der Waals surface area (Å²) in [7, 11) is 0. The zero-order valence-electron chi connectivity index (χ0n) is 4.49. The molecule has 0 aliphatic heterocycles. The highest BCUT2D eigenvalue weighted by Gasteiger charge is 1.88. The molecular weight excluding hydrogens is 88.1 g/mol. The van der Waals surface area contributed by atoms with Gasteiger partial charge in [-0.05, 0) is 13.8 Å². The van der Waals surface area contributed by atoms with Crippen LogP contribution in [0.3, 0.4) is 0 Å². The number of rotatable bonds is 1. The van der Waals surface area contributed by atoms with Gasteiger partial charge >= 0.3 is 0 Å². The molecule has 0 rings (SSSR count). The number of carbonyl (C=O) groups excluding carboxylic acids is 1. The molecule has 37 valence electrons. The highest BCUT2D eigenvalue weighted by atomic mass is 16.1. The normalized spacial score (nSPS) is 11.1. The molecule has 0 bridgehead atoms. The van der Waals surface area contributed by atoms with Gasteiger partial charge in [-0.2, -0.15) is 0 Å². The average Bonchev–Trinajstić information content (AvgIpc) is 1.68. The molecule has 1 unspecified atom stereocenters. The molecule has 0 aromatic carbocycles. The topological polar surface area (TPSA) is 17.1 Å². The van der Waals surface area contributed by atoms with Crippen molar-refractivity contribution in [2.24, 2.45) is 5.92 Å². The maximum atomic E-state index is 9.67. The zero-order chi connectivity index (χ0) is 5.70. The van der Waals surface area contributed by atoms with Gasteiger partial charge in [0.2, 0.25) is 6.29 Å². The number of hydrogen-bond donors (Lipinski definition) is 0. The van der Waals surface area contributed by atoms with E-state index in [0.717, 1.165) is 0 Å². The summed E-state index contributed by atoms with van der Waals surface area (Å²) in [4.78, 5) is 9.67. The molecule has 1 heteroatoms. The van der Waals surface area contributed by atoms with Crippen LogP contribution in [0, 0.1) is 17.8 Å². The number of hydrogen-bond acceptors (Lipinski definition) is 1. The second kappa shape index (κ2) is 3.42. The van der Waals surface area contributed by atoms with Crippen molar-refractivity contribution in [1.29, 1.82) is 0 Å². The lowest BCUT2D eigenvalue weighted by molar-refractivity contribution is 0.545. The van der Waals surface area contributed by atoms with E-state index in [2.05, 4.69) is 11.8 Å². The molecule has 0 aliphatic carbocycles. The minimum atomic E-state index is -0.218. The fourth-order valence-electron chi connectivity index (χ4n) is 0.246. The van der Waals surface area contributed by atoms with E-state index in [1.807, 2.05) is 0 Å². The van der Waals surface area contributed by atoms with Gasteiger partial charge in [0.15, 0.2) is 0 Å². The van der Waals surface area contributed by atoms with Crippen LogP contribution in [0.2, 0.25) is 0 Å². The highest BCUT2D eigenvalue weighted by molar-refractivity contribution is 5.58. The maximum absolute atomic E-state index is 9.67. The first-order valence-electron chi connectivity index (χ1n) is 2.11. The van der Waals surface area contributed by atoms with Gasteiger partial charge in [-0.1, -0.05) is 5.92 Å². The Hall–Kier alpha value is -0.770. The van der Waals surface area contributed by atoms with Gasteiger partial charge in [0.25, 0.3) is 0 Å². The minimum Gasteiger partial charge on any atom is -0.289 e. The summed E-state index contributed by atoms with van der Waals surface area (Å²) in [5.41, 5.74) is 0. The molecule has 1 nitrogen and oxygen atoms in total. The van der Waals surface area contributed by atoms with E-state index in [9.17, 15) is 4.79 Å². The Bertz CT molecular complexity index is 105. The molecule has 1 radical (unpaired) electrons. The average molecular weight is 95.1 g/mol. The SMILES string of the molecule is CC#CC(C)[C]=O. The summed E-state index contributed by atoms with van der Waals surface area (Å²) in [5, 5.41) is 0. The van der Waals surface area contributed by atoms with Gasteiger partial charge in [-0.25, -0.2) is 0 Å². The molecular formula is C6H7O. The summed E-state index contributed by atoms with van der Waals surface area (Å²) >= 11 is 0. The molecule has 0 spiro atoms. The van der Waals surface area contributed by atoms with Gasteiger partial charge in [0, 0.05) is 0 Å². The van der Waals surface area contributed by atoms with E-state index < -0.39 is 0 Å². The predicted octanol–water partition coefficient (Wildman–Crippen LogP) is 0.756. The Kier molecular flexibility index (Phi) is 3.04. The molecule has 0 aromatic heterocycles. The highest BCUT2D eigenvalue weighted by Crippen LogP contribution is 1.81. The van der Waals surface area contributed by atoms with E-state index in [4.69, 9.17) is 0 Å². The van der Waals surface area contributed by atoms with Crippen molar-refractivity contribution in [3.8, 4) is 11.8 Å². The molecule has 0 heterocycles.